The zero-order chi connectivity index (χ0) is 21.7. The van der Waals surface area contributed by atoms with Crippen molar-refractivity contribution >= 4 is 63.5 Å². The molecule has 0 saturated carbocycles. The minimum atomic E-state index is -0.287. The Morgan fingerprint density at radius 2 is 2.03 bits per heavy atom. The smallest absolute Gasteiger partial charge is 0.266 e. The van der Waals surface area contributed by atoms with E-state index in [0.29, 0.717) is 32.2 Å². The summed E-state index contributed by atoms with van der Waals surface area (Å²) in [4.78, 5) is 26.5. The SMILES string of the molecule is C=CCN1C(=O)/C(=C/c2ccc(OCC(=O)Nc3ccc(C)c(Cl)c3)cc2)SC1=S. The zero-order valence-corrected chi connectivity index (χ0v) is 18.6. The lowest BCUT2D eigenvalue weighted by molar-refractivity contribution is -0.121. The molecule has 0 aliphatic carbocycles. The Labute approximate surface area is 189 Å². The summed E-state index contributed by atoms with van der Waals surface area (Å²) >= 11 is 12.6. The minimum Gasteiger partial charge on any atom is -0.484 e. The topological polar surface area (TPSA) is 58.6 Å². The molecule has 1 N–H and O–H groups in total. The van der Waals surface area contributed by atoms with Gasteiger partial charge in [-0.2, -0.15) is 0 Å². The number of nitrogens with one attached hydrogen (secondary N) is 1. The molecule has 30 heavy (non-hydrogen) atoms. The van der Waals surface area contributed by atoms with E-state index in [9.17, 15) is 9.59 Å². The Morgan fingerprint density at radius 1 is 1.30 bits per heavy atom. The predicted octanol–water partition coefficient (Wildman–Crippen LogP) is 5.05. The number of benzene rings is 2. The summed E-state index contributed by atoms with van der Waals surface area (Å²) < 4.78 is 6.05. The van der Waals surface area contributed by atoms with E-state index in [1.54, 1.807) is 36.4 Å². The van der Waals surface area contributed by atoms with Gasteiger partial charge in [-0.1, -0.05) is 59.9 Å². The number of amides is 2. The first-order valence-corrected chi connectivity index (χ1v) is 10.6. The summed E-state index contributed by atoms with van der Waals surface area (Å²) in [6.45, 7) is 5.79. The Hall–Kier alpha value is -2.61. The molecule has 0 radical (unpaired) electrons. The van der Waals surface area contributed by atoms with Gasteiger partial charge in [-0.15, -0.1) is 6.58 Å². The van der Waals surface area contributed by atoms with Gasteiger partial charge in [0.25, 0.3) is 11.8 Å². The van der Waals surface area contributed by atoms with Gasteiger partial charge in [-0.05, 0) is 48.4 Å². The Bertz CT molecular complexity index is 1040. The molecular weight excluding hydrogens is 440 g/mol. The van der Waals surface area contributed by atoms with Gasteiger partial charge in [0.05, 0.1) is 4.91 Å². The van der Waals surface area contributed by atoms with Gasteiger partial charge in [0, 0.05) is 17.3 Å². The number of ether oxygens (including phenoxy) is 1. The maximum absolute atomic E-state index is 12.4. The van der Waals surface area contributed by atoms with E-state index in [4.69, 9.17) is 28.6 Å². The highest BCUT2D eigenvalue weighted by molar-refractivity contribution is 8.26. The number of aryl methyl sites for hydroxylation is 1. The molecule has 0 unspecified atom stereocenters. The summed E-state index contributed by atoms with van der Waals surface area (Å²) in [5.74, 6) is 0.131. The van der Waals surface area contributed by atoms with Crippen LogP contribution in [0.2, 0.25) is 5.02 Å². The van der Waals surface area contributed by atoms with Crippen LogP contribution in [0.1, 0.15) is 11.1 Å². The Balaban J connectivity index is 1.56. The molecule has 0 aromatic heterocycles. The highest BCUT2D eigenvalue weighted by Crippen LogP contribution is 2.32. The van der Waals surface area contributed by atoms with Crippen molar-refractivity contribution in [1.82, 2.24) is 4.90 Å². The zero-order valence-electron chi connectivity index (χ0n) is 16.2. The van der Waals surface area contributed by atoms with Gasteiger partial charge in [0.2, 0.25) is 0 Å². The first-order chi connectivity index (χ1) is 14.4. The third kappa shape index (κ3) is 5.50. The second-order valence-electron chi connectivity index (χ2n) is 6.45. The third-order valence-electron chi connectivity index (χ3n) is 4.19. The number of anilines is 1. The van der Waals surface area contributed by atoms with Crippen molar-refractivity contribution in [3.05, 3.63) is 76.2 Å². The molecule has 1 aliphatic rings. The van der Waals surface area contributed by atoms with Crippen molar-refractivity contribution in [1.29, 1.82) is 0 Å². The van der Waals surface area contributed by atoms with Gasteiger partial charge in [-0.3, -0.25) is 14.5 Å². The van der Waals surface area contributed by atoms with Crippen LogP contribution < -0.4 is 10.1 Å². The van der Waals surface area contributed by atoms with Crippen LogP contribution in [0.3, 0.4) is 0 Å². The summed E-state index contributed by atoms with van der Waals surface area (Å²) in [5.41, 5.74) is 2.39. The number of hydrogen-bond donors (Lipinski definition) is 1. The third-order valence-corrected chi connectivity index (χ3v) is 5.97. The molecule has 5 nitrogen and oxygen atoms in total. The van der Waals surface area contributed by atoms with Gasteiger partial charge in [-0.25, -0.2) is 0 Å². The normalized spacial score (nSPS) is 14.9. The van der Waals surface area contributed by atoms with Crippen LogP contribution in [0.15, 0.2) is 60.0 Å². The summed E-state index contributed by atoms with van der Waals surface area (Å²) in [6, 6.07) is 12.4. The second-order valence-corrected chi connectivity index (χ2v) is 8.53. The summed E-state index contributed by atoms with van der Waals surface area (Å²) in [5, 5.41) is 3.33. The van der Waals surface area contributed by atoms with E-state index < -0.39 is 0 Å². The Morgan fingerprint density at radius 3 is 2.70 bits per heavy atom. The molecule has 2 aromatic carbocycles. The first-order valence-electron chi connectivity index (χ1n) is 9.02. The van der Waals surface area contributed by atoms with Crippen molar-refractivity contribution in [2.45, 2.75) is 6.92 Å². The summed E-state index contributed by atoms with van der Waals surface area (Å²) in [7, 11) is 0. The molecule has 1 aliphatic heterocycles. The molecule has 1 saturated heterocycles. The quantitative estimate of drug-likeness (QED) is 0.357. The monoisotopic (exact) mass is 458 g/mol. The van der Waals surface area contributed by atoms with Crippen LogP contribution >= 0.6 is 35.6 Å². The van der Waals surface area contributed by atoms with Crippen LogP contribution in [0.5, 0.6) is 5.75 Å². The number of thioether (sulfide) groups is 1. The van der Waals surface area contributed by atoms with Crippen molar-refractivity contribution in [2.24, 2.45) is 0 Å². The van der Waals surface area contributed by atoms with Gasteiger partial charge < -0.3 is 10.1 Å². The molecule has 154 valence electrons. The summed E-state index contributed by atoms with van der Waals surface area (Å²) in [6.07, 6.45) is 3.42. The number of thiocarbonyl (C=S) groups is 1. The molecule has 0 atom stereocenters. The lowest BCUT2D eigenvalue weighted by Crippen LogP contribution is -2.27. The van der Waals surface area contributed by atoms with Crippen molar-refractivity contribution in [2.75, 3.05) is 18.5 Å². The van der Waals surface area contributed by atoms with E-state index in [2.05, 4.69) is 11.9 Å². The van der Waals surface area contributed by atoms with Gasteiger partial charge in [0.1, 0.15) is 10.1 Å². The van der Waals surface area contributed by atoms with Crippen molar-refractivity contribution in [3.8, 4) is 5.75 Å². The minimum absolute atomic E-state index is 0.127. The molecular formula is C22H19ClN2O3S2. The number of rotatable bonds is 7. The molecule has 1 heterocycles. The number of hydrogen-bond acceptors (Lipinski definition) is 5. The average molecular weight is 459 g/mol. The van der Waals surface area contributed by atoms with Crippen molar-refractivity contribution < 1.29 is 14.3 Å². The van der Waals surface area contributed by atoms with Crippen LogP contribution in [0.25, 0.3) is 6.08 Å². The Kier molecular flexibility index (Phi) is 7.31. The molecule has 3 rings (SSSR count). The number of halogens is 1. The molecule has 0 bridgehead atoms. The number of carbonyl (C=O) groups excluding carboxylic acids is 2. The van der Waals surface area contributed by atoms with E-state index in [1.807, 2.05) is 25.1 Å². The molecule has 0 spiro atoms. The lowest BCUT2D eigenvalue weighted by Gasteiger charge is -2.10. The van der Waals surface area contributed by atoms with E-state index in [0.717, 1.165) is 11.1 Å². The maximum atomic E-state index is 12.4. The van der Waals surface area contributed by atoms with E-state index in [-0.39, 0.29) is 18.4 Å². The standard InChI is InChI=1S/C22H19ClN2O3S2/c1-3-10-25-21(27)19(30-22(25)29)11-15-5-8-17(9-6-15)28-13-20(26)24-16-7-4-14(2)18(23)12-16/h3-9,11-12H,1,10,13H2,2H3,(H,24,26)/b19-11-. The predicted molar refractivity (Wildman–Crippen MR) is 127 cm³/mol. The van der Waals surface area contributed by atoms with Crippen LogP contribution in [0.4, 0.5) is 5.69 Å². The second kappa shape index (κ2) is 9.93. The fraction of sp³-hybridized carbons (Fsp3) is 0.136. The average Bonchev–Trinajstić information content (AvgIpc) is 2.98. The molecule has 2 aromatic rings. The van der Waals surface area contributed by atoms with Gasteiger partial charge in [0.15, 0.2) is 6.61 Å². The van der Waals surface area contributed by atoms with Crippen LogP contribution in [-0.4, -0.2) is 34.2 Å². The fourth-order valence-electron chi connectivity index (χ4n) is 2.61. The molecule has 8 heteroatoms. The van der Waals surface area contributed by atoms with E-state index >= 15 is 0 Å². The highest BCUT2D eigenvalue weighted by Gasteiger charge is 2.30. The van der Waals surface area contributed by atoms with Crippen molar-refractivity contribution in [3.63, 3.8) is 0 Å². The molecule has 1 fully saturated rings. The van der Waals surface area contributed by atoms with Gasteiger partial charge >= 0.3 is 0 Å². The first kappa shape index (κ1) is 22.1. The molecule has 2 amide bonds. The highest BCUT2D eigenvalue weighted by atomic mass is 35.5. The maximum Gasteiger partial charge on any atom is 0.266 e. The number of nitrogens with zero attached hydrogens (tertiary/aromatic N) is 1. The van der Waals surface area contributed by atoms with Crippen LogP contribution in [0, 0.1) is 6.92 Å². The lowest BCUT2D eigenvalue weighted by atomic mass is 10.2. The largest absolute Gasteiger partial charge is 0.484 e. The van der Waals surface area contributed by atoms with E-state index in [1.165, 1.54) is 16.7 Å². The van der Waals surface area contributed by atoms with Crippen LogP contribution in [-0.2, 0) is 9.59 Å². The fourth-order valence-corrected chi connectivity index (χ4v) is 4.07. The number of carbonyl (C=O) groups is 2.